The Balaban J connectivity index is 1.22. The van der Waals surface area contributed by atoms with Crippen molar-refractivity contribution in [3.63, 3.8) is 0 Å². The van der Waals surface area contributed by atoms with Crippen LogP contribution in [0.2, 0.25) is 10.0 Å². The molecule has 3 aliphatic heterocycles. The average molecular weight is 536 g/mol. The minimum absolute atomic E-state index is 0.0168. The molecule has 9 nitrogen and oxygen atoms in total. The second kappa shape index (κ2) is 12.0. The molecule has 3 saturated heterocycles. The summed E-state index contributed by atoms with van der Waals surface area (Å²) in [6.45, 7) is 4.12. The lowest BCUT2D eigenvalue weighted by Crippen LogP contribution is -2.48. The molecular weight excluding hydrogens is 505 g/mol. The largest absolute Gasteiger partial charge is 0.342 e. The van der Waals surface area contributed by atoms with Gasteiger partial charge in [0, 0.05) is 77.3 Å². The van der Waals surface area contributed by atoms with E-state index in [1.54, 1.807) is 34.1 Å². The second-order valence-electron chi connectivity index (χ2n) is 9.25. The van der Waals surface area contributed by atoms with Crippen LogP contribution >= 0.6 is 23.2 Å². The van der Waals surface area contributed by atoms with Crippen LogP contribution in [0.5, 0.6) is 0 Å². The summed E-state index contributed by atoms with van der Waals surface area (Å²) in [5, 5.41) is 3.69. The molecule has 5 amide bonds. The zero-order chi connectivity index (χ0) is 25.7. The second-order valence-corrected chi connectivity index (χ2v) is 10.1. The fourth-order valence-corrected chi connectivity index (χ4v) is 5.17. The van der Waals surface area contributed by atoms with Crippen LogP contribution in [-0.2, 0) is 14.4 Å². The van der Waals surface area contributed by atoms with Gasteiger partial charge in [-0.2, -0.15) is 0 Å². The van der Waals surface area contributed by atoms with Gasteiger partial charge in [0.05, 0.1) is 10.0 Å². The quantitative estimate of drug-likeness (QED) is 0.566. The van der Waals surface area contributed by atoms with Gasteiger partial charge in [0.1, 0.15) is 0 Å². The lowest BCUT2D eigenvalue weighted by molar-refractivity contribution is -0.135. The molecule has 0 unspecified atom stereocenters. The van der Waals surface area contributed by atoms with Crippen LogP contribution in [0.25, 0.3) is 6.08 Å². The summed E-state index contributed by atoms with van der Waals surface area (Å²) in [6, 6.07) is 5.29. The van der Waals surface area contributed by atoms with Crippen molar-refractivity contribution in [3.05, 3.63) is 39.9 Å². The van der Waals surface area contributed by atoms with Gasteiger partial charge in [0.2, 0.25) is 17.7 Å². The molecule has 0 bridgehead atoms. The molecule has 1 aromatic carbocycles. The lowest BCUT2D eigenvalue weighted by atomic mass is 10.0. The maximum Gasteiger partial charge on any atom is 0.317 e. The normalized spacial score (nSPS) is 19.7. The van der Waals surface area contributed by atoms with E-state index >= 15 is 0 Å². The zero-order valence-electron chi connectivity index (χ0n) is 20.1. The van der Waals surface area contributed by atoms with Crippen LogP contribution in [0, 0.1) is 0 Å². The van der Waals surface area contributed by atoms with Gasteiger partial charge >= 0.3 is 6.03 Å². The summed E-state index contributed by atoms with van der Waals surface area (Å²) in [5.41, 5.74) is 0.761. The SMILES string of the molecule is O=C(/C=C/c1ccc(Cl)c(Cl)c1)N1CCC(=O)N(CCC(=O)N2CCC(N3CCNC3=O)CC2)CC1. The first kappa shape index (κ1) is 26.3. The fourth-order valence-electron chi connectivity index (χ4n) is 4.86. The molecule has 11 heteroatoms. The van der Waals surface area contributed by atoms with Crippen molar-refractivity contribution in [1.82, 2.24) is 24.9 Å². The van der Waals surface area contributed by atoms with Crippen LogP contribution < -0.4 is 5.32 Å². The van der Waals surface area contributed by atoms with E-state index in [0.717, 1.165) is 24.9 Å². The van der Waals surface area contributed by atoms with Gasteiger partial charge < -0.3 is 24.9 Å². The Morgan fingerprint density at radius 3 is 2.44 bits per heavy atom. The van der Waals surface area contributed by atoms with Crippen molar-refractivity contribution in [2.24, 2.45) is 0 Å². The minimum atomic E-state index is -0.179. The Morgan fingerprint density at radius 2 is 1.75 bits per heavy atom. The predicted octanol–water partition coefficient (Wildman–Crippen LogP) is 2.47. The van der Waals surface area contributed by atoms with E-state index in [4.69, 9.17) is 23.2 Å². The number of amides is 5. The Bertz CT molecular complexity index is 1040. The minimum Gasteiger partial charge on any atom is -0.342 e. The van der Waals surface area contributed by atoms with E-state index in [9.17, 15) is 19.2 Å². The van der Waals surface area contributed by atoms with Crippen LogP contribution in [0.3, 0.4) is 0 Å². The van der Waals surface area contributed by atoms with Gasteiger partial charge in [-0.1, -0.05) is 29.3 Å². The number of nitrogens with zero attached hydrogens (tertiary/aromatic N) is 4. The molecule has 0 aromatic heterocycles. The third-order valence-corrected chi connectivity index (χ3v) is 7.74. The highest BCUT2D eigenvalue weighted by Gasteiger charge is 2.32. The molecule has 194 valence electrons. The van der Waals surface area contributed by atoms with E-state index < -0.39 is 0 Å². The Morgan fingerprint density at radius 1 is 0.972 bits per heavy atom. The van der Waals surface area contributed by atoms with Gasteiger partial charge in [-0.3, -0.25) is 14.4 Å². The smallest absolute Gasteiger partial charge is 0.317 e. The Hall–Kier alpha value is -2.78. The maximum absolute atomic E-state index is 12.8. The number of carbonyl (C=O) groups excluding carboxylic acids is 4. The van der Waals surface area contributed by atoms with E-state index in [1.807, 2.05) is 9.80 Å². The van der Waals surface area contributed by atoms with Crippen LogP contribution in [-0.4, -0.2) is 102 Å². The summed E-state index contributed by atoms with van der Waals surface area (Å²) < 4.78 is 0. The standard InChI is InChI=1S/C25H31Cl2N5O4/c26-20-3-1-18(17-21(20)27)2-4-22(33)30-12-8-24(35)31(16-15-30)13-7-23(34)29-10-5-19(6-11-29)32-14-9-28-25(32)36/h1-4,17,19H,5-16H2,(H,28,36)/b4-2+. The van der Waals surface area contributed by atoms with Gasteiger partial charge in [0.15, 0.2) is 0 Å². The number of rotatable bonds is 6. The molecule has 0 spiro atoms. The molecular formula is C25H31Cl2N5O4. The number of benzene rings is 1. The van der Waals surface area contributed by atoms with E-state index in [1.165, 1.54) is 6.08 Å². The van der Waals surface area contributed by atoms with Crippen molar-refractivity contribution in [2.45, 2.75) is 31.7 Å². The van der Waals surface area contributed by atoms with Crippen molar-refractivity contribution in [3.8, 4) is 0 Å². The van der Waals surface area contributed by atoms with Crippen LogP contribution in [0.15, 0.2) is 24.3 Å². The topological polar surface area (TPSA) is 93.3 Å². The lowest BCUT2D eigenvalue weighted by Gasteiger charge is -2.36. The maximum atomic E-state index is 12.8. The number of carbonyl (C=O) groups is 4. The van der Waals surface area contributed by atoms with E-state index in [2.05, 4.69) is 5.32 Å². The van der Waals surface area contributed by atoms with E-state index in [-0.39, 0.29) is 42.6 Å². The van der Waals surface area contributed by atoms with Crippen molar-refractivity contribution in [1.29, 1.82) is 0 Å². The van der Waals surface area contributed by atoms with Gasteiger partial charge in [0.25, 0.3) is 0 Å². The first-order valence-electron chi connectivity index (χ1n) is 12.3. The molecule has 1 aromatic rings. The molecule has 0 saturated carbocycles. The van der Waals surface area contributed by atoms with Crippen molar-refractivity contribution < 1.29 is 19.2 Å². The monoisotopic (exact) mass is 535 g/mol. The number of piperidine rings is 1. The first-order valence-corrected chi connectivity index (χ1v) is 13.1. The molecule has 0 atom stereocenters. The molecule has 3 aliphatic rings. The molecule has 3 fully saturated rings. The van der Waals surface area contributed by atoms with Gasteiger partial charge in [-0.25, -0.2) is 4.79 Å². The third kappa shape index (κ3) is 6.50. The molecule has 0 aliphatic carbocycles. The van der Waals surface area contributed by atoms with Crippen molar-refractivity contribution >= 4 is 53.0 Å². The highest BCUT2D eigenvalue weighted by atomic mass is 35.5. The van der Waals surface area contributed by atoms with Crippen LogP contribution in [0.1, 0.15) is 31.2 Å². The Kier molecular flexibility index (Phi) is 8.74. The predicted molar refractivity (Wildman–Crippen MR) is 138 cm³/mol. The van der Waals surface area contributed by atoms with E-state index in [0.29, 0.717) is 55.9 Å². The van der Waals surface area contributed by atoms with Crippen molar-refractivity contribution in [2.75, 3.05) is 52.4 Å². The number of likely N-dealkylation sites (tertiary alicyclic amines) is 1. The average Bonchev–Trinajstić information content (AvgIpc) is 3.22. The number of nitrogens with one attached hydrogen (secondary N) is 1. The fraction of sp³-hybridized carbons (Fsp3) is 0.520. The molecule has 3 heterocycles. The number of hydrogen-bond acceptors (Lipinski definition) is 4. The molecule has 36 heavy (non-hydrogen) atoms. The Labute approximate surface area is 221 Å². The first-order chi connectivity index (χ1) is 17.3. The highest BCUT2D eigenvalue weighted by Crippen LogP contribution is 2.23. The molecule has 4 rings (SSSR count). The molecule has 0 radical (unpaired) electrons. The summed E-state index contributed by atoms with van der Waals surface area (Å²) in [7, 11) is 0. The number of urea groups is 1. The molecule has 1 N–H and O–H groups in total. The zero-order valence-corrected chi connectivity index (χ0v) is 21.6. The summed E-state index contributed by atoms with van der Waals surface area (Å²) >= 11 is 12.0. The summed E-state index contributed by atoms with van der Waals surface area (Å²) in [5.74, 6) is -0.208. The highest BCUT2D eigenvalue weighted by molar-refractivity contribution is 6.42. The number of hydrogen-bond donors (Lipinski definition) is 1. The van der Waals surface area contributed by atoms with Crippen LogP contribution in [0.4, 0.5) is 4.79 Å². The number of halogens is 2. The third-order valence-electron chi connectivity index (χ3n) is 7.01. The van der Waals surface area contributed by atoms with Gasteiger partial charge in [-0.05, 0) is 36.6 Å². The summed E-state index contributed by atoms with van der Waals surface area (Å²) in [4.78, 5) is 56.9. The van der Waals surface area contributed by atoms with Gasteiger partial charge in [-0.15, -0.1) is 0 Å². The summed E-state index contributed by atoms with van der Waals surface area (Å²) in [6.07, 6.45) is 5.17.